The molecular weight excluding hydrogens is 314 g/mol. The van der Waals surface area contributed by atoms with Crippen LogP contribution in [0.2, 0.25) is 0 Å². The Morgan fingerprint density at radius 3 is 1.27 bits per heavy atom. The molecule has 0 radical (unpaired) electrons. The lowest BCUT2D eigenvalue weighted by Gasteiger charge is -2.40. The summed E-state index contributed by atoms with van der Waals surface area (Å²) in [5.41, 5.74) is -1.74. The molecule has 132 valence electrons. The van der Waals surface area contributed by atoms with Crippen molar-refractivity contribution in [1.82, 2.24) is 4.90 Å². The van der Waals surface area contributed by atoms with Crippen molar-refractivity contribution in [2.45, 2.75) is 79.4 Å². The molecule has 3 nitrogen and oxygen atoms in total. The van der Waals surface area contributed by atoms with Gasteiger partial charge in [-0.05, 0) is 37.5 Å². The topological polar surface area (TPSA) is 43.7 Å². The second-order valence-electron chi connectivity index (χ2n) is 9.61. The summed E-state index contributed by atoms with van der Waals surface area (Å²) in [6.07, 6.45) is 1.29. The van der Waals surface area contributed by atoms with Gasteiger partial charge >= 0.3 is 0 Å². The van der Waals surface area contributed by atoms with Gasteiger partial charge in [-0.1, -0.05) is 53.8 Å². The predicted molar refractivity (Wildman–Crippen MR) is 103 cm³/mol. The van der Waals surface area contributed by atoms with E-state index in [1.165, 1.54) is 0 Å². The molecule has 0 heterocycles. The molecule has 0 spiro atoms. The van der Waals surface area contributed by atoms with Crippen LogP contribution in [0.25, 0.3) is 0 Å². The first-order valence-corrected chi connectivity index (χ1v) is 8.71. The maximum atomic E-state index is 10.7. The van der Waals surface area contributed by atoms with Crippen molar-refractivity contribution in [2.75, 3.05) is 13.1 Å². The van der Waals surface area contributed by atoms with Crippen LogP contribution in [-0.2, 0) is 0 Å². The molecule has 0 rings (SSSR count). The minimum atomic E-state index is -0.886. The molecule has 2 N–H and O–H groups in total. The molecule has 0 saturated carbocycles. The van der Waals surface area contributed by atoms with Crippen molar-refractivity contribution < 1.29 is 10.2 Å². The number of aliphatic hydroxyl groups is 2. The second-order valence-corrected chi connectivity index (χ2v) is 10.7. The van der Waals surface area contributed by atoms with Gasteiger partial charge in [0.25, 0.3) is 0 Å². The zero-order chi connectivity index (χ0) is 18.0. The number of rotatable bonds is 6. The highest BCUT2D eigenvalue weighted by Gasteiger charge is 2.34. The summed E-state index contributed by atoms with van der Waals surface area (Å²) in [5, 5.41) is 21.4. The summed E-state index contributed by atoms with van der Waals surface area (Å²) in [7, 11) is 0. The average Bonchev–Trinajstić information content (AvgIpc) is 2.05. The Morgan fingerprint density at radius 1 is 0.818 bits per heavy atom. The number of hydrogen-bond donors (Lipinski definition) is 3. The van der Waals surface area contributed by atoms with E-state index in [2.05, 4.69) is 54.2 Å². The number of hydrogen-bond acceptors (Lipinski definition) is 3. The van der Waals surface area contributed by atoms with Gasteiger partial charge < -0.3 is 15.1 Å². The Bertz CT molecular complexity index is 349. The summed E-state index contributed by atoms with van der Waals surface area (Å²) >= 11 is 9.48. The van der Waals surface area contributed by atoms with Gasteiger partial charge in [-0.3, -0.25) is 0 Å². The summed E-state index contributed by atoms with van der Waals surface area (Å²) < 4.78 is 0.406. The lowest BCUT2D eigenvalue weighted by molar-refractivity contribution is -0.0302. The molecule has 0 aliphatic heterocycles. The van der Waals surface area contributed by atoms with Crippen LogP contribution in [0.15, 0.2) is 0 Å². The lowest BCUT2D eigenvalue weighted by Crippen LogP contribution is -2.50. The summed E-state index contributed by atoms with van der Waals surface area (Å²) in [6, 6.07) is 0. The van der Waals surface area contributed by atoms with Gasteiger partial charge in [0.15, 0.2) is 0 Å². The van der Waals surface area contributed by atoms with Crippen LogP contribution in [0.3, 0.4) is 0 Å². The quantitative estimate of drug-likeness (QED) is 0.503. The Morgan fingerprint density at radius 2 is 1.09 bits per heavy atom. The first-order valence-electron chi connectivity index (χ1n) is 7.85. The monoisotopic (exact) mass is 349 g/mol. The molecule has 0 bridgehead atoms. The maximum Gasteiger partial charge on any atom is 0.133 e. The third-order valence-corrected chi connectivity index (χ3v) is 3.70. The normalized spacial score (nSPS) is 18.5. The molecule has 0 unspecified atom stereocenters. The fourth-order valence-corrected chi connectivity index (χ4v) is 3.68. The summed E-state index contributed by atoms with van der Waals surface area (Å²) in [5.74, 6) is 0. The zero-order valence-electron chi connectivity index (χ0n) is 15.5. The molecule has 0 aromatic heterocycles. The molecule has 0 aromatic rings. The van der Waals surface area contributed by atoms with Crippen molar-refractivity contribution in [3.05, 3.63) is 0 Å². The van der Waals surface area contributed by atoms with Gasteiger partial charge in [-0.25, -0.2) is 0 Å². The van der Waals surface area contributed by atoms with E-state index in [-0.39, 0.29) is 10.8 Å². The minimum absolute atomic E-state index is 0.0152. The predicted octanol–water partition coefficient (Wildman–Crippen LogP) is 3.88. The van der Waals surface area contributed by atoms with Gasteiger partial charge in [-0.15, -0.1) is 12.6 Å². The van der Waals surface area contributed by atoms with Gasteiger partial charge in [0.2, 0.25) is 0 Å². The summed E-state index contributed by atoms with van der Waals surface area (Å²) in [6.45, 7) is 17.0. The smallest absolute Gasteiger partial charge is 0.133 e. The van der Waals surface area contributed by atoms with Gasteiger partial charge in [-0.2, -0.15) is 0 Å². The van der Waals surface area contributed by atoms with Crippen molar-refractivity contribution in [2.24, 2.45) is 10.8 Å². The third-order valence-electron chi connectivity index (χ3n) is 3.16. The standard InChI is InChI=1S/C17H35NO2S2/c1-14(2,3)9-16(7,19)11-18(13(21)22)12-17(8,20)10-15(4,5)6/h19-20H,9-12H2,1-8H3,(H,21,22)/t16-,17-/m0/s1. The fraction of sp³-hybridized carbons (Fsp3) is 0.941. The van der Waals surface area contributed by atoms with Crippen LogP contribution in [-0.4, -0.2) is 43.7 Å². The van der Waals surface area contributed by atoms with E-state index in [9.17, 15) is 10.2 Å². The van der Waals surface area contributed by atoms with Crippen LogP contribution in [0, 0.1) is 10.8 Å². The molecule has 0 amide bonds. The van der Waals surface area contributed by atoms with E-state index in [0.29, 0.717) is 30.3 Å². The van der Waals surface area contributed by atoms with Crippen LogP contribution in [0.4, 0.5) is 0 Å². The average molecular weight is 350 g/mol. The Labute approximate surface area is 147 Å². The van der Waals surface area contributed by atoms with Crippen LogP contribution < -0.4 is 0 Å². The molecule has 0 aliphatic carbocycles. The van der Waals surface area contributed by atoms with E-state index in [1.807, 2.05) is 13.8 Å². The molecular formula is C17H35NO2S2. The SMILES string of the molecule is CC(C)(C)C[C@](C)(O)CN(C[C@@](C)(O)CC(C)(C)C)C(=S)S. The highest BCUT2D eigenvalue weighted by atomic mass is 32.1. The van der Waals surface area contributed by atoms with Gasteiger partial charge in [0.1, 0.15) is 4.32 Å². The molecule has 0 aromatic carbocycles. The van der Waals surface area contributed by atoms with Crippen LogP contribution in [0.1, 0.15) is 68.2 Å². The van der Waals surface area contributed by atoms with Crippen molar-refractivity contribution in [3.8, 4) is 0 Å². The van der Waals surface area contributed by atoms with Crippen molar-refractivity contribution in [3.63, 3.8) is 0 Å². The van der Waals surface area contributed by atoms with E-state index >= 15 is 0 Å². The Balaban J connectivity index is 4.99. The maximum absolute atomic E-state index is 10.7. The number of thiol groups is 1. The van der Waals surface area contributed by atoms with Gasteiger partial charge in [0, 0.05) is 13.1 Å². The third kappa shape index (κ3) is 10.8. The highest BCUT2D eigenvalue weighted by molar-refractivity contribution is 8.10. The van der Waals surface area contributed by atoms with E-state index in [0.717, 1.165) is 0 Å². The first kappa shape index (κ1) is 22.2. The fourth-order valence-electron chi connectivity index (χ4n) is 3.41. The molecule has 0 saturated heterocycles. The first-order chi connectivity index (χ1) is 9.43. The minimum Gasteiger partial charge on any atom is -0.388 e. The molecule has 22 heavy (non-hydrogen) atoms. The summed E-state index contributed by atoms with van der Waals surface area (Å²) in [4.78, 5) is 1.80. The second kappa shape index (κ2) is 7.37. The van der Waals surface area contributed by atoms with Crippen LogP contribution >= 0.6 is 24.8 Å². The number of nitrogens with zero attached hydrogens (tertiary/aromatic N) is 1. The Kier molecular flexibility index (Phi) is 7.42. The van der Waals surface area contributed by atoms with Gasteiger partial charge in [0.05, 0.1) is 11.2 Å². The van der Waals surface area contributed by atoms with Crippen molar-refractivity contribution in [1.29, 1.82) is 0 Å². The van der Waals surface area contributed by atoms with Crippen molar-refractivity contribution >= 4 is 29.2 Å². The largest absolute Gasteiger partial charge is 0.388 e. The van der Waals surface area contributed by atoms with Crippen LogP contribution in [0.5, 0.6) is 0 Å². The van der Waals surface area contributed by atoms with E-state index < -0.39 is 11.2 Å². The zero-order valence-corrected chi connectivity index (χ0v) is 17.2. The molecule has 0 aliphatic rings. The van der Waals surface area contributed by atoms with E-state index in [1.54, 1.807) is 4.90 Å². The Hall–Kier alpha value is 0.160. The highest BCUT2D eigenvalue weighted by Crippen LogP contribution is 2.31. The lowest BCUT2D eigenvalue weighted by atomic mass is 9.81. The number of thiocarbonyl (C=S) groups is 1. The molecule has 2 atom stereocenters. The van der Waals surface area contributed by atoms with E-state index in [4.69, 9.17) is 12.2 Å². The molecule has 5 heteroatoms. The molecule has 0 fully saturated rings.